The maximum absolute atomic E-state index is 13.2. The van der Waals surface area contributed by atoms with Crippen molar-refractivity contribution in [2.24, 2.45) is 0 Å². The first-order chi connectivity index (χ1) is 16.0. The van der Waals surface area contributed by atoms with E-state index in [1.165, 1.54) is 24.5 Å². The number of halogens is 6. The Balaban J connectivity index is 1.72. The van der Waals surface area contributed by atoms with Gasteiger partial charge in [0.1, 0.15) is 11.7 Å². The summed E-state index contributed by atoms with van der Waals surface area (Å²) < 4.78 is 78.6. The third kappa shape index (κ3) is 4.50. The number of H-pyrrole nitrogens is 1. The van der Waals surface area contributed by atoms with E-state index in [2.05, 4.69) is 25.3 Å². The first kappa shape index (κ1) is 23.0. The summed E-state index contributed by atoms with van der Waals surface area (Å²) in [6, 6.07) is 6.87. The summed E-state index contributed by atoms with van der Waals surface area (Å²) in [7, 11) is 0. The van der Waals surface area contributed by atoms with Crippen molar-refractivity contribution in [1.82, 2.24) is 19.9 Å². The zero-order chi connectivity index (χ0) is 24.7. The van der Waals surface area contributed by atoms with Crippen LogP contribution in [0.4, 0.5) is 32.3 Å². The van der Waals surface area contributed by atoms with Crippen LogP contribution in [0, 0.1) is 11.3 Å². The van der Waals surface area contributed by atoms with Crippen molar-refractivity contribution in [3.05, 3.63) is 71.2 Å². The number of hydrogen-bond acceptors (Lipinski definition) is 5. The number of pyridine rings is 1. The van der Waals surface area contributed by atoms with Crippen LogP contribution in [0.5, 0.6) is 0 Å². The standard InChI is InChI=1S/C22H14F6N6/c1-11(12-3-2-4-14(5-12)21(23,24)25)33-20-32-8-13(7-29)18(34-20)17-10-31-19-16(17)6-15(9-30-19)22(26,27)28/h2-6,8-11H,1H3,(H,30,31)(H,32,33,34)/t11-/m1/s1. The zero-order valence-corrected chi connectivity index (χ0v) is 17.3. The number of aromatic amines is 1. The van der Waals surface area contributed by atoms with Gasteiger partial charge in [-0.15, -0.1) is 0 Å². The fraction of sp³-hybridized carbons (Fsp3) is 0.182. The van der Waals surface area contributed by atoms with Gasteiger partial charge >= 0.3 is 12.4 Å². The van der Waals surface area contributed by atoms with Crippen molar-refractivity contribution in [3.8, 4) is 17.3 Å². The van der Waals surface area contributed by atoms with Crippen molar-refractivity contribution < 1.29 is 26.3 Å². The van der Waals surface area contributed by atoms with Crippen LogP contribution in [-0.2, 0) is 12.4 Å². The molecule has 4 aromatic rings. The van der Waals surface area contributed by atoms with Crippen LogP contribution in [0.2, 0.25) is 0 Å². The molecule has 0 unspecified atom stereocenters. The van der Waals surface area contributed by atoms with Crippen LogP contribution in [0.15, 0.2) is 48.9 Å². The molecule has 3 aromatic heterocycles. The van der Waals surface area contributed by atoms with Gasteiger partial charge < -0.3 is 10.3 Å². The first-order valence-electron chi connectivity index (χ1n) is 9.73. The minimum Gasteiger partial charge on any atom is -0.348 e. The topological polar surface area (TPSA) is 90.3 Å². The highest BCUT2D eigenvalue weighted by Crippen LogP contribution is 2.35. The number of nitriles is 1. The Bertz CT molecular complexity index is 1400. The van der Waals surface area contributed by atoms with Crippen LogP contribution in [0.3, 0.4) is 0 Å². The van der Waals surface area contributed by atoms with Gasteiger partial charge in [-0.25, -0.2) is 15.0 Å². The molecule has 0 saturated carbocycles. The molecule has 0 aliphatic carbocycles. The Morgan fingerprint density at radius 3 is 2.41 bits per heavy atom. The summed E-state index contributed by atoms with van der Waals surface area (Å²) in [6.45, 7) is 1.60. The third-order valence-electron chi connectivity index (χ3n) is 5.08. The van der Waals surface area contributed by atoms with E-state index in [9.17, 15) is 31.6 Å². The zero-order valence-electron chi connectivity index (χ0n) is 17.3. The Morgan fingerprint density at radius 1 is 1.00 bits per heavy atom. The largest absolute Gasteiger partial charge is 0.417 e. The average Bonchev–Trinajstić information content (AvgIpc) is 3.21. The minimum atomic E-state index is -4.62. The number of hydrogen-bond donors (Lipinski definition) is 2. The summed E-state index contributed by atoms with van der Waals surface area (Å²) in [5.41, 5.74) is -1.06. The molecule has 3 heterocycles. The van der Waals surface area contributed by atoms with Gasteiger partial charge in [0.25, 0.3) is 0 Å². The first-order valence-corrected chi connectivity index (χ1v) is 9.73. The number of aromatic nitrogens is 4. The minimum absolute atomic E-state index is 0.00409. The molecule has 0 bridgehead atoms. The molecule has 34 heavy (non-hydrogen) atoms. The van der Waals surface area contributed by atoms with Crippen LogP contribution in [0.25, 0.3) is 22.3 Å². The van der Waals surface area contributed by atoms with Crippen molar-refractivity contribution >= 4 is 17.0 Å². The van der Waals surface area contributed by atoms with Gasteiger partial charge in [-0.3, -0.25) is 0 Å². The van der Waals surface area contributed by atoms with Crippen LogP contribution in [-0.4, -0.2) is 19.9 Å². The van der Waals surface area contributed by atoms with Crippen LogP contribution < -0.4 is 5.32 Å². The Hall–Kier alpha value is -4.14. The fourth-order valence-electron chi connectivity index (χ4n) is 3.35. The lowest BCUT2D eigenvalue weighted by molar-refractivity contribution is -0.138. The molecule has 0 amide bonds. The molecule has 2 N–H and O–H groups in total. The van der Waals surface area contributed by atoms with Gasteiger partial charge in [-0.2, -0.15) is 31.6 Å². The monoisotopic (exact) mass is 476 g/mol. The van der Waals surface area contributed by atoms with Crippen molar-refractivity contribution in [2.75, 3.05) is 5.32 Å². The third-order valence-corrected chi connectivity index (χ3v) is 5.08. The van der Waals surface area contributed by atoms with E-state index >= 15 is 0 Å². The molecule has 4 rings (SSSR count). The summed E-state index contributed by atoms with van der Waals surface area (Å²) >= 11 is 0. The second-order valence-electron chi connectivity index (χ2n) is 7.38. The van der Waals surface area contributed by atoms with Gasteiger partial charge in [0.15, 0.2) is 0 Å². The number of rotatable bonds is 4. The predicted octanol–water partition coefficient (Wildman–Crippen LogP) is 6.10. The number of nitrogens with one attached hydrogen (secondary N) is 2. The highest BCUT2D eigenvalue weighted by atomic mass is 19.4. The maximum Gasteiger partial charge on any atom is 0.417 e. The number of fused-ring (bicyclic) bond motifs is 1. The van der Waals surface area contributed by atoms with E-state index in [1.807, 2.05) is 6.07 Å². The van der Waals surface area contributed by atoms with Gasteiger partial charge in [0.05, 0.1) is 34.6 Å². The quantitative estimate of drug-likeness (QED) is 0.347. The van der Waals surface area contributed by atoms with Crippen molar-refractivity contribution in [3.63, 3.8) is 0 Å². The van der Waals surface area contributed by atoms with Gasteiger partial charge in [0, 0.05) is 23.3 Å². The van der Waals surface area contributed by atoms with Gasteiger partial charge in [0.2, 0.25) is 5.95 Å². The van der Waals surface area contributed by atoms with E-state index in [-0.39, 0.29) is 33.8 Å². The predicted molar refractivity (Wildman–Crippen MR) is 110 cm³/mol. The highest BCUT2D eigenvalue weighted by molar-refractivity contribution is 5.94. The second kappa shape index (κ2) is 8.33. The van der Waals surface area contributed by atoms with Gasteiger partial charge in [-0.1, -0.05) is 12.1 Å². The van der Waals surface area contributed by atoms with Crippen molar-refractivity contribution in [2.45, 2.75) is 25.3 Å². The van der Waals surface area contributed by atoms with E-state index in [4.69, 9.17) is 0 Å². The molecule has 0 saturated heterocycles. The molecule has 0 fully saturated rings. The lowest BCUT2D eigenvalue weighted by atomic mass is 10.0. The molecule has 0 aliphatic heterocycles. The molecule has 1 aromatic carbocycles. The molecular weight excluding hydrogens is 462 g/mol. The summed E-state index contributed by atoms with van der Waals surface area (Å²) in [4.78, 5) is 14.8. The van der Waals surface area contributed by atoms with Crippen LogP contribution >= 0.6 is 0 Å². The summed E-state index contributed by atoms with van der Waals surface area (Å²) in [5.74, 6) is -0.0202. The molecule has 174 valence electrons. The number of alkyl halides is 6. The van der Waals surface area contributed by atoms with Crippen LogP contribution in [0.1, 0.15) is 35.2 Å². The van der Waals surface area contributed by atoms with E-state index in [1.54, 1.807) is 6.92 Å². The smallest absolute Gasteiger partial charge is 0.348 e. The number of nitrogens with zero attached hydrogens (tertiary/aromatic N) is 4. The second-order valence-corrected chi connectivity index (χ2v) is 7.38. The van der Waals surface area contributed by atoms with Crippen molar-refractivity contribution in [1.29, 1.82) is 5.26 Å². The molecule has 12 heteroatoms. The normalized spacial score (nSPS) is 13.0. The maximum atomic E-state index is 13.2. The molecular formula is C22H14F6N6. The SMILES string of the molecule is C[C@@H](Nc1ncc(C#N)c(-c2c[nH]c3ncc(C(F)(F)F)cc23)n1)c1cccc(C(F)(F)F)c1. The number of anilines is 1. The van der Waals surface area contributed by atoms with E-state index in [0.717, 1.165) is 18.2 Å². The molecule has 0 aliphatic rings. The fourth-order valence-corrected chi connectivity index (χ4v) is 3.35. The summed E-state index contributed by atoms with van der Waals surface area (Å²) in [5, 5.41) is 12.4. The Kier molecular flexibility index (Phi) is 5.64. The van der Waals surface area contributed by atoms with Gasteiger partial charge in [-0.05, 0) is 30.7 Å². The molecule has 1 atom stereocenters. The lowest BCUT2D eigenvalue weighted by Gasteiger charge is -2.16. The highest BCUT2D eigenvalue weighted by Gasteiger charge is 2.32. The Morgan fingerprint density at radius 2 is 1.74 bits per heavy atom. The molecule has 0 radical (unpaired) electrons. The lowest BCUT2D eigenvalue weighted by Crippen LogP contribution is -2.12. The summed E-state index contributed by atoms with van der Waals surface area (Å²) in [6.07, 6.45) is -5.87. The van der Waals surface area contributed by atoms with E-state index < -0.39 is 29.5 Å². The number of benzene rings is 1. The molecule has 6 nitrogen and oxygen atoms in total. The molecule has 0 spiro atoms. The Labute approximate surface area is 188 Å². The van der Waals surface area contributed by atoms with E-state index in [0.29, 0.717) is 11.8 Å². The average molecular weight is 476 g/mol.